The standard InChI is InChI=1S/C32H35F3O9/c1-19-23(32(33,34)35)14-15-24(42-29(36)20-10-7-6-8-11-20)28-25(43-31(2,3)44-28)13-9-12-21-16-22(39-5)17-26(40-18-38-4)27(21)30(37)41-19/h6-12,14-17,19,23-25,28H,13,18H2,1-5H3. The Labute approximate surface area is 253 Å². The van der Waals surface area contributed by atoms with Crippen molar-refractivity contribution in [2.24, 2.45) is 5.92 Å². The average molecular weight is 621 g/mol. The maximum Gasteiger partial charge on any atom is 0.398 e. The molecule has 0 aromatic heterocycles. The minimum atomic E-state index is -4.83. The molecule has 2 aliphatic rings. The Hall–Kier alpha value is -3.87. The van der Waals surface area contributed by atoms with Gasteiger partial charge in [0.1, 0.15) is 41.3 Å². The summed E-state index contributed by atoms with van der Waals surface area (Å²) in [6, 6.07) is 11.0. The van der Waals surface area contributed by atoms with Crippen molar-refractivity contribution in [3.05, 3.63) is 77.4 Å². The number of rotatable bonds is 6. The zero-order chi connectivity index (χ0) is 32.1. The molecule has 0 radical (unpaired) electrons. The molecule has 0 aliphatic carbocycles. The van der Waals surface area contributed by atoms with E-state index in [9.17, 15) is 22.8 Å². The number of ether oxygens (including phenoxy) is 7. The molecule has 0 amide bonds. The molecular weight excluding hydrogens is 585 g/mol. The van der Waals surface area contributed by atoms with E-state index in [1.807, 2.05) is 0 Å². The minimum absolute atomic E-state index is 0.00147. The number of methoxy groups -OCH3 is 2. The van der Waals surface area contributed by atoms with Gasteiger partial charge in [-0.05, 0) is 57.0 Å². The van der Waals surface area contributed by atoms with Crippen LogP contribution in [-0.4, -0.2) is 69.3 Å². The Morgan fingerprint density at radius 2 is 1.80 bits per heavy atom. The number of halogens is 3. The van der Waals surface area contributed by atoms with Gasteiger partial charge in [-0.2, -0.15) is 13.2 Å². The SMILES string of the molecule is COCOc1cc(OC)cc2c1C(=O)OC(C)C(C(F)(F)F)C=CC(OC(=O)c1ccccc1)C1OC(C)(C)OC1CC=C2. The highest BCUT2D eigenvalue weighted by atomic mass is 19.4. The molecule has 2 aromatic rings. The first-order chi connectivity index (χ1) is 20.8. The number of fused-ring (bicyclic) bond motifs is 2. The zero-order valence-corrected chi connectivity index (χ0v) is 25.0. The molecule has 0 spiro atoms. The normalized spacial score (nSPS) is 25.3. The maximum absolute atomic E-state index is 14.4. The highest BCUT2D eigenvalue weighted by Crippen LogP contribution is 2.38. The third-order valence-corrected chi connectivity index (χ3v) is 7.03. The molecule has 5 unspecified atom stereocenters. The molecule has 9 nitrogen and oxygen atoms in total. The Kier molecular flexibility index (Phi) is 10.4. The summed E-state index contributed by atoms with van der Waals surface area (Å²) < 4.78 is 82.4. The summed E-state index contributed by atoms with van der Waals surface area (Å²) in [6.07, 6.45) is -4.09. The van der Waals surface area contributed by atoms with Crippen molar-refractivity contribution in [3.8, 4) is 11.5 Å². The number of esters is 2. The number of hydrogen-bond acceptors (Lipinski definition) is 9. The predicted molar refractivity (Wildman–Crippen MR) is 152 cm³/mol. The first-order valence-corrected chi connectivity index (χ1v) is 13.9. The van der Waals surface area contributed by atoms with Crippen molar-refractivity contribution in [2.45, 2.75) is 63.6 Å². The number of hydrogen-bond donors (Lipinski definition) is 0. The lowest BCUT2D eigenvalue weighted by atomic mass is 9.97. The van der Waals surface area contributed by atoms with Crippen molar-refractivity contribution in [1.82, 2.24) is 0 Å². The Balaban J connectivity index is 1.82. The lowest BCUT2D eigenvalue weighted by Crippen LogP contribution is -2.39. The van der Waals surface area contributed by atoms with Gasteiger partial charge in [0.15, 0.2) is 12.6 Å². The zero-order valence-electron chi connectivity index (χ0n) is 25.0. The van der Waals surface area contributed by atoms with E-state index in [4.69, 9.17) is 33.2 Å². The van der Waals surface area contributed by atoms with E-state index < -0.39 is 54.2 Å². The van der Waals surface area contributed by atoms with Crippen LogP contribution >= 0.6 is 0 Å². The first kappa shape index (κ1) is 33.0. The Bertz CT molecular complexity index is 1370. The first-order valence-electron chi connectivity index (χ1n) is 13.9. The van der Waals surface area contributed by atoms with Crippen LogP contribution in [0.3, 0.4) is 0 Å². The number of carbonyl (C=O) groups excluding carboxylic acids is 2. The monoisotopic (exact) mass is 620 g/mol. The van der Waals surface area contributed by atoms with Gasteiger partial charge in [-0.15, -0.1) is 0 Å². The molecule has 0 N–H and O–H groups in total. The second-order valence-electron chi connectivity index (χ2n) is 10.7. The van der Waals surface area contributed by atoms with Crippen molar-refractivity contribution >= 4 is 18.0 Å². The molecule has 4 rings (SSSR count). The summed E-state index contributed by atoms with van der Waals surface area (Å²) in [5, 5.41) is 0. The smallest absolute Gasteiger partial charge is 0.398 e. The van der Waals surface area contributed by atoms with Crippen molar-refractivity contribution < 1.29 is 55.9 Å². The molecule has 0 saturated carbocycles. The molecule has 2 heterocycles. The van der Waals surface area contributed by atoms with E-state index in [1.165, 1.54) is 38.5 Å². The molecule has 0 bridgehead atoms. The molecule has 12 heteroatoms. The van der Waals surface area contributed by atoms with E-state index in [1.54, 1.807) is 44.2 Å². The molecule has 5 atom stereocenters. The topological polar surface area (TPSA) is 98.8 Å². The van der Waals surface area contributed by atoms with Crippen molar-refractivity contribution in [3.63, 3.8) is 0 Å². The summed E-state index contributed by atoms with van der Waals surface area (Å²) in [5.41, 5.74) is 0.371. The molecule has 44 heavy (non-hydrogen) atoms. The van der Waals surface area contributed by atoms with E-state index in [2.05, 4.69) is 0 Å². The molecule has 238 valence electrons. The maximum atomic E-state index is 14.4. The van der Waals surface area contributed by atoms with Gasteiger partial charge in [0.25, 0.3) is 0 Å². The van der Waals surface area contributed by atoms with Gasteiger partial charge in [0, 0.05) is 13.2 Å². The average Bonchev–Trinajstić information content (AvgIpc) is 3.28. The highest BCUT2D eigenvalue weighted by Gasteiger charge is 2.47. The van der Waals surface area contributed by atoms with Crippen LogP contribution in [-0.2, 0) is 23.7 Å². The van der Waals surface area contributed by atoms with Crippen molar-refractivity contribution in [2.75, 3.05) is 21.0 Å². The molecular formula is C32H35F3O9. The van der Waals surface area contributed by atoms with Gasteiger partial charge in [-0.3, -0.25) is 0 Å². The van der Waals surface area contributed by atoms with E-state index in [0.29, 0.717) is 5.75 Å². The summed E-state index contributed by atoms with van der Waals surface area (Å²) in [7, 11) is 2.80. The highest BCUT2D eigenvalue weighted by molar-refractivity contribution is 5.97. The summed E-state index contributed by atoms with van der Waals surface area (Å²) in [5.74, 6) is -4.87. The number of benzene rings is 2. The van der Waals surface area contributed by atoms with Crippen molar-refractivity contribution in [1.29, 1.82) is 0 Å². The van der Waals surface area contributed by atoms with Gasteiger partial charge in [0.2, 0.25) is 0 Å². The van der Waals surface area contributed by atoms with Crippen LogP contribution in [0.5, 0.6) is 11.5 Å². The predicted octanol–water partition coefficient (Wildman–Crippen LogP) is 6.12. The van der Waals surface area contributed by atoms with Crippen LogP contribution in [0.25, 0.3) is 6.08 Å². The van der Waals surface area contributed by atoms with Crippen LogP contribution in [0.1, 0.15) is 53.5 Å². The fraction of sp³-hybridized carbons (Fsp3) is 0.438. The Morgan fingerprint density at radius 3 is 2.45 bits per heavy atom. The van der Waals surface area contributed by atoms with Crippen LogP contribution < -0.4 is 9.47 Å². The van der Waals surface area contributed by atoms with Gasteiger partial charge >= 0.3 is 18.1 Å². The third-order valence-electron chi connectivity index (χ3n) is 7.03. The lowest BCUT2D eigenvalue weighted by molar-refractivity contribution is -0.182. The summed E-state index contributed by atoms with van der Waals surface area (Å²) in [6.45, 7) is 4.20. The number of cyclic esters (lactones) is 1. The summed E-state index contributed by atoms with van der Waals surface area (Å²) in [4.78, 5) is 26.5. The third kappa shape index (κ3) is 7.99. The lowest BCUT2D eigenvalue weighted by Gasteiger charge is -2.27. The number of carbonyl (C=O) groups is 2. The van der Waals surface area contributed by atoms with E-state index >= 15 is 0 Å². The molecule has 1 fully saturated rings. The fourth-order valence-corrected chi connectivity index (χ4v) is 5.01. The quantitative estimate of drug-likeness (QED) is 0.215. The van der Waals surface area contributed by atoms with Crippen LogP contribution in [0.2, 0.25) is 0 Å². The molecule has 2 aromatic carbocycles. The van der Waals surface area contributed by atoms with E-state index in [-0.39, 0.29) is 35.7 Å². The second-order valence-corrected chi connectivity index (χ2v) is 10.7. The largest absolute Gasteiger partial charge is 0.497 e. The summed E-state index contributed by atoms with van der Waals surface area (Å²) >= 11 is 0. The molecule has 1 saturated heterocycles. The van der Waals surface area contributed by atoms with Crippen LogP contribution in [0.15, 0.2) is 60.7 Å². The van der Waals surface area contributed by atoms with Gasteiger partial charge in [-0.1, -0.05) is 36.4 Å². The van der Waals surface area contributed by atoms with Gasteiger partial charge in [-0.25, -0.2) is 9.59 Å². The second kappa shape index (κ2) is 13.8. The van der Waals surface area contributed by atoms with Gasteiger partial charge < -0.3 is 33.2 Å². The Morgan fingerprint density at radius 1 is 1.07 bits per heavy atom. The minimum Gasteiger partial charge on any atom is -0.497 e. The van der Waals surface area contributed by atoms with Gasteiger partial charge in [0.05, 0.1) is 18.8 Å². The molecule has 2 aliphatic heterocycles. The van der Waals surface area contributed by atoms with E-state index in [0.717, 1.165) is 19.1 Å². The number of alkyl halides is 3. The van der Waals surface area contributed by atoms with Crippen LogP contribution in [0, 0.1) is 5.92 Å². The fourth-order valence-electron chi connectivity index (χ4n) is 5.01. The van der Waals surface area contributed by atoms with Crippen LogP contribution in [0.4, 0.5) is 13.2 Å².